The minimum Gasteiger partial charge on any atom is -0.455 e. The molecule has 0 spiro atoms. The van der Waals surface area contributed by atoms with Crippen molar-refractivity contribution in [1.29, 1.82) is 0 Å². The lowest BCUT2D eigenvalue weighted by molar-refractivity contribution is 0.241. The molecule has 0 bridgehead atoms. The van der Waals surface area contributed by atoms with E-state index in [0.717, 1.165) is 33.0 Å². The lowest BCUT2D eigenvalue weighted by Crippen LogP contribution is -2.15. The topological polar surface area (TPSA) is 50.5 Å². The highest BCUT2D eigenvalue weighted by molar-refractivity contribution is 8.13. The van der Waals surface area contributed by atoms with Gasteiger partial charge in [-0.1, -0.05) is 42.5 Å². The first-order valence-corrected chi connectivity index (χ1v) is 9.30. The van der Waals surface area contributed by atoms with E-state index in [2.05, 4.69) is 0 Å². The summed E-state index contributed by atoms with van der Waals surface area (Å²) >= 11 is 1.16. The largest absolute Gasteiger partial charge is 0.455 e. The van der Waals surface area contributed by atoms with Gasteiger partial charge in [-0.25, -0.2) is 0 Å². The van der Waals surface area contributed by atoms with Crippen LogP contribution in [0.5, 0.6) is 0 Å². The van der Waals surface area contributed by atoms with Crippen LogP contribution in [0.3, 0.4) is 0 Å². The van der Waals surface area contributed by atoms with Crippen LogP contribution < -0.4 is 5.43 Å². The molecule has 0 aliphatic rings. The van der Waals surface area contributed by atoms with Crippen molar-refractivity contribution in [3.8, 4) is 11.3 Å². The summed E-state index contributed by atoms with van der Waals surface area (Å²) in [4.78, 5) is 26.8. The molecule has 4 nitrogen and oxygen atoms in total. The SMILES string of the molecule is CN(C)C(=O)Sc1ccc(-c2cc(=O)c3ccc4ccccc4c3o2)cc1. The molecule has 0 fully saturated rings. The first-order valence-electron chi connectivity index (χ1n) is 8.48. The Morgan fingerprint density at radius 2 is 1.67 bits per heavy atom. The Hall–Kier alpha value is -3.05. The molecule has 134 valence electrons. The summed E-state index contributed by atoms with van der Waals surface area (Å²) in [5.74, 6) is 0.513. The van der Waals surface area contributed by atoms with Gasteiger partial charge >= 0.3 is 0 Å². The number of thioether (sulfide) groups is 1. The molecule has 0 radical (unpaired) electrons. The zero-order valence-corrected chi connectivity index (χ0v) is 15.7. The third-order valence-electron chi connectivity index (χ3n) is 4.33. The van der Waals surface area contributed by atoms with Crippen molar-refractivity contribution < 1.29 is 9.21 Å². The zero-order chi connectivity index (χ0) is 19.0. The maximum Gasteiger partial charge on any atom is 0.285 e. The Balaban J connectivity index is 1.79. The third-order valence-corrected chi connectivity index (χ3v) is 5.38. The molecule has 0 saturated carbocycles. The fourth-order valence-electron chi connectivity index (χ4n) is 2.90. The second-order valence-electron chi connectivity index (χ2n) is 6.43. The average Bonchev–Trinajstić information content (AvgIpc) is 2.68. The van der Waals surface area contributed by atoms with Gasteiger partial charge in [-0.15, -0.1) is 0 Å². The van der Waals surface area contributed by atoms with Crippen LogP contribution in [-0.2, 0) is 0 Å². The summed E-state index contributed by atoms with van der Waals surface area (Å²) in [5, 5.41) is 2.48. The van der Waals surface area contributed by atoms with E-state index in [1.165, 1.54) is 11.0 Å². The third kappa shape index (κ3) is 3.34. The molecule has 1 amide bonds. The predicted molar refractivity (Wildman–Crippen MR) is 110 cm³/mol. The molecule has 27 heavy (non-hydrogen) atoms. The van der Waals surface area contributed by atoms with Crippen molar-refractivity contribution in [2.45, 2.75) is 4.90 Å². The zero-order valence-electron chi connectivity index (χ0n) is 14.9. The Bertz CT molecular complexity index is 1210. The quantitative estimate of drug-likeness (QED) is 0.348. The van der Waals surface area contributed by atoms with Gasteiger partial charge in [-0.3, -0.25) is 9.59 Å². The second-order valence-corrected chi connectivity index (χ2v) is 7.45. The van der Waals surface area contributed by atoms with Gasteiger partial charge in [-0.05, 0) is 35.3 Å². The van der Waals surface area contributed by atoms with Gasteiger partial charge in [0, 0.05) is 36.0 Å². The minimum atomic E-state index is -0.0711. The number of fused-ring (bicyclic) bond motifs is 3. The Morgan fingerprint density at radius 1 is 0.926 bits per heavy atom. The van der Waals surface area contributed by atoms with Crippen LogP contribution in [0, 0.1) is 0 Å². The van der Waals surface area contributed by atoms with Crippen molar-refractivity contribution in [3.63, 3.8) is 0 Å². The number of amides is 1. The molecular weight excluding hydrogens is 358 g/mol. The Labute approximate surface area is 160 Å². The molecule has 0 aliphatic heterocycles. The fourth-order valence-corrected chi connectivity index (χ4v) is 3.56. The summed E-state index contributed by atoms with van der Waals surface area (Å²) in [5.41, 5.74) is 1.32. The van der Waals surface area contributed by atoms with Gasteiger partial charge < -0.3 is 9.32 Å². The standard InChI is InChI=1S/C22H17NO3S/c1-23(2)22(25)27-16-10-7-15(8-11-16)20-13-19(24)18-12-9-14-5-3-4-6-17(14)21(18)26-20/h3-13H,1-2H3. The molecule has 0 unspecified atom stereocenters. The molecule has 0 N–H and O–H groups in total. The van der Waals surface area contributed by atoms with Crippen molar-refractivity contribution in [2.24, 2.45) is 0 Å². The van der Waals surface area contributed by atoms with E-state index in [1.54, 1.807) is 20.2 Å². The van der Waals surface area contributed by atoms with E-state index in [4.69, 9.17) is 4.42 Å². The average molecular weight is 375 g/mol. The van der Waals surface area contributed by atoms with E-state index < -0.39 is 0 Å². The Kier molecular flexibility index (Phi) is 4.46. The first-order chi connectivity index (χ1) is 13.0. The van der Waals surface area contributed by atoms with Gasteiger partial charge in [0.2, 0.25) is 0 Å². The van der Waals surface area contributed by atoms with E-state index in [9.17, 15) is 9.59 Å². The number of benzene rings is 3. The monoisotopic (exact) mass is 375 g/mol. The van der Waals surface area contributed by atoms with Crippen molar-refractivity contribution in [1.82, 2.24) is 4.90 Å². The van der Waals surface area contributed by atoms with Crippen LogP contribution in [0.2, 0.25) is 0 Å². The second kappa shape index (κ2) is 6.93. The number of nitrogens with zero attached hydrogens (tertiary/aromatic N) is 1. The highest BCUT2D eigenvalue weighted by Crippen LogP contribution is 2.29. The fraction of sp³-hybridized carbons (Fsp3) is 0.0909. The number of carbonyl (C=O) groups is 1. The highest BCUT2D eigenvalue weighted by Gasteiger charge is 2.11. The molecule has 1 aromatic heterocycles. The molecule has 0 saturated heterocycles. The molecular formula is C22H17NO3S. The number of hydrogen-bond donors (Lipinski definition) is 0. The van der Waals surface area contributed by atoms with E-state index >= 15 is 0 Å². The maximum atomic E-state index is 12.6. The van der Waals surface area contributed by atoms with Crippen molar-refractivity contribution in [3.05, 3.63) is 77.0 Å². The molecule has 4 rings (SSSR count). The lowest BCUT2D eigenvalue weighted by Gasteiger charge is -2.09. The minimum absolute atomic E-state index is 0.0357. The van der Waals surface area contributed by atoms with Gasteiger partial charge in [0.1, 0.15) is 11.3 Å². The van der Waals surface area contributed by atoms with Gasteiger partial charge in [-0.2, -0.15) is 0 Å². The van der Waals surface area contributed by atoms with Crippen LogP contribution >= 0.6 is 11.8 Å². The first kappa shape index (κ1) is 17.4. The van der Waals surface area contributed by atoms with Crippen LogP contribution in [-0.4, -0.2) is 24.2 Å². The molecule has 0 aliphatic carbocycles. The smallest absolute Gasteiger partial charge is 0.285 e. The van der Waals surface area contributed by atoms with Crippen LogP contribution in [0.1, 0.15) is 0 Å². The molecule has 0 atom stereocenters. The maximum absolute atomic E-state index is 12.6. The summed E-state index contributed by atoms with van der Waals surface area (Å²) < 4.78 is 6.12. The molecule has 1 heterocycles. The summed E-state index contributed by atoms with van der Waals surface area (Å²) in [6.45, 7) is 0. The number of hydrogen-bond acceptors (Lipinski definition) is 4. The molecule has 3 aromatic carbocycles. The van der Waals surface area contributed by atoms with Crippen LogP contribution in [0.4, 0.5) is 4.79 Å². The van der Waals surface area contributed by atoms with Gasteiger partial charge in [0.05, 0.1) is 5.39 Å². The highest BCUT2D eigenvalue weighted by atomic mass is 32.2. The van der Waals surface area contributed by atoms with Crippen LogP contribution in [0.15, 0.2) is 80.8 Å². The van der Waals surface area contributed by atoms with Crippen LogP contribution in [0.25, 0.3) is 33.1 Å². The summed E-state index contributed by atoms with van der Waals surface area (Å²) in [6, 6.07) is 20.5. The molecule has 4 aromatic rings. The summed E-state index contributed by atoms with van der Waals surface area (Å²) in [7, 11) is 3.44. The van der Waals surface area contributed by atoms with E-state index in [0.29, 0.717) is 16.7 Å². The van der Waals surface area contributed by atoms with Gasteiger partial charge in [0.15, 0.2) is 5.43 Å². The summed E-state index contributed by atoms with van der Waals surface area (Å²) in [6.07, 6.45) is 0. The Morgan fingerprint density at radius 3 is 2.41 bits per heavy atom. The number of rotatable bonds is 2. The van der Waals surface area contributed by atoms with E-state index in [-0.39, 0.29) is 10.7 Å². The predicted octanol–water partition coefficient (Wildman–Crippen LogP) is 5.39. The van der Waals surface area contributed by atoms with Crippen molar-refractivity contribution >= 4 is 38.7 Å². The molecule has 5 heteroatoms. The number of carbonyl (C=O) groups excluding carboxylic acids is 1. The van der Waals surface area contributed by atoms with Crippen molar-refractivity contribution in [2.75, 3.05) is 14.1 Å². The van der Waals surface area contributed by atoms with Gasteiger partial charge in [0.25, 0.3) is 5.24 Å². The lowest BCUT2D eigenvalue weighted by atomic mass is 10.1. The van der Waals surface area contributed by atoms with E-state index in [1.807, 2.05) is 54.6 Å². The normalized spacial score (nSPS) is 11.0.